The molecule has 0 aliphatic heterocycles. The van der Waals surface area contributed by atoms with Crippen molar-refractivity contribution in [1.29, 1.82) is 0 Å². The Morgan fingerprint density at radius 1 is 1.03 bits per heavy atom. The van der Waals surface area contributed by atoms with Crippen LogP contribution in [0.25, 0.3) is 0 Å². The molecule has 0 bridgehead atoms. The van der Waals surface area contributed by atoms with Gasteiger partial charge in [0.25, 0.3) is 5.91 Å². The van der Waals surface area contributed by atoms with E-state index in [-0.39, 0.29) is 17.9 Å². The normalized spacial score (nSPS) is 15.1. The Bertz CT molecular complexity index is 1110. The van der Waals surface area contributed by atoms with Gasteiger partial charge in [-0.2, -0.15) is 0 Å². The Morgan fingerprint density at radius 2 is 1.70 bits per heavy atom. The van der Waals surface area contributed by atoms with Crippen LogP contribution in [0.4, 0.5) is 10.1 Å². The van der Waals surface area contributed by atoms with Gasteiger partial charge in [0.2, 0.25) is 5.91 Å². The highest BCUT2D eigenvalue weighted by Gasteiger charge is 2.35. The molecular formula is C26H28FN3O2S. The smallest absolute Gasteiger partial charge is 0.271 e. The number of hydrogen-bond donors (Lipinski definition) is 1. The van der Waals surface area contributed by atoms with E-state index >= 15 is 0 Å². The maximum atomic E-state index is 13.9. The van der Waals surface area contributed by atoms with E-state index in [1.807, 2.05) is 37.3 Å². The van der Waals surface area contributed by atoms with Gasteiger partial charge in [-0.3, -0.25) is 14.5 Å². The number of aryl methyl sites for hydroxylation is 2. The SMILES string of the molecule is Cc1nc(C)c(C(=O)N(c2ccc(F)cc2)[C@H](C(=O)NC2CCCCC2)c2ccccc2)s1. The summed E-state index contributed by atoms with van der Waals surface area (Å²) < 4.78 is 13.7. The summed E-state index contributed by atoms with van der Waals surface area (Å²) in [4.78, 5) is 34.0. The average molecular weight is 466 g/mol. The van der Waals surface area contributed by atoms with Crippen molar-refractivity contribution < 1.29 is 14.0 Å². The van der Waals surface area contributed by atoms with Gasteiger partial charge in [0.05, 0.1) is 10.7 Å². The van der Waals surface area contributed by atoms with Crippen molar-refractivity contribution in [2.75, 3.05) is 4.90 Å². The molecule has 1 saturated carbocycles. The Labute approximate surface area is 197 Å². The molecule has 1 aliphatic rings. The molecule has 1 atom stereocenters. The molecule has 4 rings (SSSR count). The monoisotopic (exact) mass is 465 g/mol. The standard InChI is InChI=1S/C26H28FN3O2S/c1-17-24(33-18(2)28-17)26(32)30(22-15-13-20(27)14-16-22)23(19-9-5-3-6-10-19)25(31)29-21-11-7-4-8-12-21/h3,5-6,9-10,13-16,21,23H,4,7-8,11-12H2,1-2H3,(H,29,31)/t23-/m0/s1. The minimum Gasteiger partial charge on any atom is -0.351 e. The molecule has 7 heteroatoms. The molecule has 172 valence electrons. The summed E-state index contributed by atoms with van der Waals surface area (Å²) in [6.07, 6.45) is 5.22. The highest BCUT2D eigenvalue weighted by atomic mass is 32.1. The van der Waals surface area contributed by atoms with Gasteiger partial charge < -0.3 is 5.32 Å². The van der Waals surface area contributed by atoms with Gasteiger partial charge >= 0.3 is 0 Å². The van der Waals surface area contributed by atoms with Crippen molar-refractivity contribution in [3.8, 4) is 0 Å². The van der Waals surface area contributed by atoms with Crippen LogP contribution in [0.5, 0.6) is 0 Å². The molecule has 1 N–H and O–H groups in total. The number of nitrogens with one attached hydrogen (secondary N) is 1. The van der Waals surface area contributed by atoms with E-state index in [0.29, 0.717) is 21.8 Å². The second kappa shape index (κ2) is 10.3. The average Bonchev–Trinajstić information content (AvgIpc) is 3.16. The first-order valence-corrected chi connectivity index (χ1v) is 12.1. The Kier molecular flexibility index (Phi) is 7.18. The van der Waals surface area contributed by atoms with Crippen molar-refractivity contribution >= 4 is 28.8 Å². The molecule has 1 aliphatic carbocycles. The first kappa shape index (κ1) is 23.1. The topological polar surface area (TPSA) is 62.3 Å². The third-order valence-electron chi connectivity index (χ3n) is 5.99. The second-order valence-corrected chi connectivity index (χ2v) is 9.66. The zero-order chi connectivity index (χ0) is 23.4. The van der Waals surface area contributed by atoms with Crippen LogP contribution in [0.15, 0.2) is 54.6 Å². The molecule has 1 fully saturated rings. The number of aromatic nitrogens is 1. The molecule has 0 unspecified atom stereocenters. The minimum atomic E-state index is -0.895. The number of nitrogens with zero attached hydrogens (tertiary/aromatic N) is 2. The number of carbonyl (C=O) groups excluding carboxylic acids is 2. The van der Waals surface area contributed by atoms with Gasteiger partial charge in [0, 0.05) is 11.7 Å². The van der Waals surface area contributed by atoms with E-state index in [1.54, 1.807) is 19.1 Å². The third kappa shape index (κ3) is 5.30. The molecule has 2 aromatic carbocycles. The van der Waals surface area contributed by atoms with E-state index in [2.05, 4.69) is 10.3 Å². The van der Waals surface area contributed by atoms with E-state index in [1.165, 1.54) is 34.8 Å². The lowest BCUT2D eigenvalue weighted by Gasteiger charge is -2.33. The van der Waals surface area contributed by atoms with Crippen LogP contribution in [-0.2, 0) is 4.79 Å². The van der Waals surface area contributed by atoms with E-state index in [0.717, 1.165) is 30.7 Å². The van der Waals surface area contributed by atoms with Gasteiger partial charge in [-0.05, 0) is 56.5 Å². The van der Waals surface area contributed by atoms with Crippen LogP contribution in [-0.4, -0.2) is 22.8 Å². The lowest BCUT2D eigenvalue weighted by molar-refractivity contribution is -0.123. The maximum Gasteiger partial charge on any atom is 0.271 e. The highest BCUT2D eigenvalue weighted by Crippen LogP contribution is 2.32. The zero-order valence-corrected chi connectivity index (χ0v) is 19.7. The van der Waals surface area contributed by atoms with E-state index < -0.39 is 11.9 Å². The fraction of sp³-hybridized carbons (Fsp3) is 0.346. The van der Waals surface area contributed by atoms with Crippen LogP contribution >= 0.6 is 11.3 Å². The fourth-order valence-electron chi connectivity index (χ4n) is 4.40. The number of rotatable bonds is 6. The molecule has 33 heavy (non-hydrogen) atoms. The predicted molar refractivity (Wildman–Crippen MR) is 129 cm³/mol. The third-order valence-corrected chi connectivity index (χ3v) is 7.06. The number of thiazole rings is 1. The van der Waals surface area contributed by atoms with Gasteiger partial charge in [-0.15, -0.1) is 11.3 Å². The Hall–Kier alpha value is -3.06. The van der Waals surface area contributed by atoms with Crippen LogP contribution < -0.4 is 10.2 Å². The Morgan fingerprint density at radius 3 is 2.30 bits per heavy atom. The fourth-order valence-corrected chi connectivity index (χ4v) is 5.26. The van der Waals surface area contributed by atoms with Crippen LogP contribution in [0.2, 0.25) is 0 Å². The summed E-state index contributed by atoms with van der Waals surface area (Å²) in [5.41, 5.74) is 1.77. The lowest BCUT2D eigenvalue weighted by Crippen LogP contribution is -2.47. The lowest BCUT2D eigenvalue weighted by atomic mass is 9.94. The van der Waals surface area contributed by atoms with Crippen molar-refractivity contribution in [2.24, 2.45) is 0 Å². The summed E-state index contributed by atoms with van der Waals surface area (Å²) in [5, 5.41) is 3.96. The number of carbonyl (C=O) groups is 2. The number of benzene rings is 2. The largest absolute Gasteiger partial charge is 0.351 e. The van der Waals surface area contributed by atoms with Crippen LogP contribution in [0.3, 0.4) is 0 Å². The van der Waals surface area contributed by atoms with E-state index in [4.69, 9.17) is 0 Å². The van der Waals surface area contributed by atoms with E-state index in [9.17, 15) is 14.0 Å². The molecule has 3 aromatic rings. The van der Waals surface area contributed by atoms with Crippen molar-refractivity contribution in [3.63, 3.8) is 0 Å². The molecule has 0 radical (unpaired) electrons. The van der Waals surface area contributed by atoms with Gasteiger partial charge in [-0.1, -0.05) is 49.6 Å². The van der Waals surface area contributed by atoms with Crippen LogP contribution in [0.1, 0.15) is 64.1 Å². The molecule has 0 saturated heterocycles. The number of hydrogen-bond acceptors (Lipinski definition) is 4. The number of anilines is 1. The second-order valence-electron chi connectivity index (χ2n) is 8.46. The Balaban J connectivity index is 1.79. The molecule has 0 spiro atoms. The van der Waals surface area contributed by atoms with Crippen molar-refractivity contribution in [3.05, 3.63) is 81.6 Å². The summed E-state index contributed by atoms with van der Waals surface area (Å²) in [7, 11) is 0. The minimum absolute atomic E-state index is 0.0926. The zero-order valence-electron chi connectivity index (χ0n) is 18.9. The van der Waals surface area contributed by atoms with Gasteiger partial charge in [0.15, 0.2) is 0 Å². The first-order valence-electron chi connectivity index (χ1n) is 11.3. The molecular weight excluding hydrogens is 437 g/mol. The number of halogens is 1. The summed E-state index contributed by atoms with van der Waals surface area (Å²) >= 11 is 1.30. The summed E-state index contributed by atoms with van der Waals surface area (Å²) in [6, 6.07) is 14.2. The quantitative estimate of drug-likeness (QED) is 0.505. The first-order chi connectivity index (χ1) is 15.9. The summed E-state index contributed by atoms with van der Waals surface area (Å²) in [6.45, 7) is 3.64. The highest BCUT2D eigenvalue weighted by molar-refractivity contribution is 7.13. The molecule has 1 heterocycles. The van der Waals surface area contributed by atoms with Gasteiger partial charge in [-0.25, -0.2) is 9.37 Å². The molecule has 5 nitrogen and oxygen atoms in total. The number of amides is 2. The molecule has 1 aromatic heterocycles. The van der Waals surface area contributed by atoms with Crippen molar-refractivity contribution in [2.45, 2.75) is 58.0 Å². The van der Waals surface area contributed by atoms with Gasteiger partial charge in [0.1, 0.15) is 16.7 Å². The molecule has 2 amide bonds. The summed E-state index contributed by atoms with van der Waals surface area (Å²) in [5.74, 6) is -0.957. The maximum absolute atomic E-state index is 13.9. The van der Waals surface area contributed by atoms with Crippen molar-refractivity contribution in [1.82, 2.24) is 10.3 Å². The van der Waals surface area contributed by atoms with Crippen LogP contribution in [0, 0.1) is 19.7 Å². The predicted octanol–water partition coefficient (Wildman–Crippen LogP) is 5.74.